The number of likely N-dealkylation sites (tertiary alicyclic amines) is 1. The number of nitrogens with one attached hydrogen (secondary N) is 2. The maximum absolute atomic E-state index is 13.4. The van der Waals surface area contributed by atoms with E-state index in [4.69, 9.17) is 0 Å². The predicted molar refractivity (Wildman–Crippen MR) is 138 cm³/mol. The highest BCUT2D eigenvalue weighted by Crippen LogP contribution is 2.31. The number of sulfone groups is 1. The first-order valence-electron chi connectivity index (χ1n) is 11.7. The summed E-state index contributed by atoms with van der Waals surface area (Å²) in [6.45, 7) is 5.53. The molecule has 0 saturated carbocycles. The summed E-state index contributed by atoms with van der Waals surface area (Å²) in [4.78, 5) is 18.4. The molecule has 0 radical (unpaired) electrons. The Bertz CT molecular complexity index is 1220. The van der Waals surface area contributed by atoms with Crippen molar-refractivity contribution in [2.75, 3.05) is 18.4 Å². The van der Waals surface area contributed by atoms with Gasteiger partial charge in [-0.05, 0) is 60.2 Å². The second kappa shape index (κ2) is 11.3. The van der Waals surface area contributed by atoms with Crippen LogP contribution < -0.4 is 10.6 Å². The van der Waals surface area contributed by atoms with Gasteiger partial charge < -0.3 is 10.6 Å². The number of piperidine rings is 1. The third-order valence-electron chi connectivity index (χ3n) is 6.30. The van der Waals surface area contributed by atoms with E-state index >= 15 is 0 Å². The number of hydrogen-bond acceptors (Lipinski definition) is 5. The molecule has 0 aliphatic carbocycles. The van der Waals surface area contributed by atoms with E-state index in [1.165, 1.54) is 23.8 Å². The van der Waals surface area contributed by atoms with Crippen molar-refractivity contribution < 1.29 is 13.2 Å². The van der Waals surface area contributed by atoms with E-state index in [0.717, 1.165) is 18.4 Å². The van der Waals surface area contributed by atoms with Crippen molar-refractivity contribution in [3.63, 3.8) is 0 Å². The lowest BCUT2D eigenvalue weighted by Crippen LogP contribution is -2.44. The Kier molecular flexibility index (Phi) is 7.94. The van der Waals surface area contributed by atoms with Crippen molar-refractivity contribution >= 4 is 21.6 Å². The first kappa shape index (κ1) is 24.6. The van der Waals surface area contributed by atoms with Crippen molar-refractivity contribution in [2.45, 2.75) is 35.6 Å². The number of nitrogens with zero attached hydrogens (tertiary/aromatic N) is 2. The van der Waals surface area contributed by atoms with Crippen LogP contribution in [0.1, 0.15) is 29.9 Å². The van der Waals surface area contributed by atoms with Crippen LogP contribution in [0, 0.1) is 0 Å². The van der Waals surface area contributed by atoms with Gasteiger partial charge in [0.1, 0.15) is 5.37 Å². The highest BCUT2D eigenvalue weighted by molar-refractivity contribution is 7.92. The van der Waals surface area contributed by atoms with Crippen LogP contribution >= 0.6 is 0 Å². The van der Waals surface area contributed by atoms with Gasteiger partial charge in [0, 0.05) is 37.7 Å². The molecule has 1 unspecified atom stereocenters. The number of carbonyl (C=O) groups excluding carboxylic acids is 1. The van der Waals surface area contributed by atoms with E-state index in [9.17, 15) is 13.2 Å². The average Bonchev–Trinajstić information content (AvgIpc) is 2.90. The molecule has 7 nitrogen and oxygen atoms in total. The molecule has 4 rings (SSSR count). The van der Waals surface area contributed by atoms with Gasteiger partial charge in [-0.1, -0.05) is 42.5 Å². The largest absolute Gasteiger partial charge is 0.334 e. The molecule has 182 valence electrons. The summed E-state index contributed by atoms with van der Waals surface area (Å²) < 4.78 is 26.8. The van der Waals surface area contributed by atoms with Gasteiger partial charge in [-0.3, -0.25) is 9.88 Å². The molecule has 8 heteroatoms. The molecule has 1 aliphatic rings. The molecule has 2 heterocycles. The topological polar surface area (TPSA) is 91.4 Å². The zero-order valence-electron chi connectivity index (χ0n) is 19.5. The third-order valence-corrected chi connectivity index (χ3v) is 8.35. The summed E-state index contributed by atoms with van der Waals surface area (Å²) in [5.74, 6) is 0.440. The summed E-state index contributed by atoms with van der Waals surface area (Å²) in [6.07, 6.45) is 6.67. The first-order valence-corrected chi connectivity index (χ1v) is 13.2. The first-order chi connectivity index (χ1) is 17.0. The van der Waals surface area contributed by atoms with E-state index in [1.807, 2.05) is 29.2 Å². The Morgan fingerprint density at radius 2 is 1.77 bits per heavy atom. The molecule has 2 aromatic carbocycles. The van der Waals surface area contributed by atoms with E-state index in [2.05, 4.69) is 34.3 Å². The fraction of sp³-hybridized carbons (Fsp3) is 0.259. The molecule has 2 amide bonds. The molecule has 2 N–H and O–H groups in total. The molecule has 1 atom stereocenters. The molecule has 1 aliphatic heterocycles. The minimum Gasteiger partial charge on any atom is -0.334 e. The third kappa shape index (κ3) is 6.15. The molecule has 0 spiro atoms. The smallest absolute Gasteiger partial charge is 0.319 e. The van der Waals surface area contributed by atoms with E-state index in [1.54, 1.807) is 30.6 Å². The van der Waals surface area contributed by atoms with Gasteiger partial charge in [0.05, 0.1) is 4.90 Å². The van der Waals surface area contributed by atoms with Crippen molar-refractivity contribution in [1.82, 2.24) is 15.2 Å². The van der Waals surface area contributed by atoms with E-state index < -0.39 is 15.2 Å². The van der Waals surface area contributed by atoms with Gasteiger partial charge in [-0.25, -0.2) is 13.2 Å². The summed E-state index contributed by atoms with van der Waals surface area (Å²) in [5, 5.41) is 4.68. The molecule has 1 aromatic heterocycles. The van der Waals surface area contributed by atoms with Gasteiger partial charge >= 0.3 is 6.03 Å². The highest BCUT2D eigenvalue weighted by atomic mass is 32.2. The van der Waals surface area contributed by atoms with E-state index in [-0.39, 0.29) is 10.9 Å². The monoisotopic (exact) mass is 490 g/mol. The summed E-state index contributed by atoms with van der Waals surface area (Å²) in [7, 11) is -3.65. The molecule has 0 bridgehead atoms. The zero-order chi connectivity index (χ0) is 24.7. The molecule has 1 saturated heterocycles. The Labute approximate surface area is 206 Å². The number of anilines is 1. The number of carbonyl (C=O) groups is 1. The van der Waals surface area contributed by atoms with Crippen molar-refractivity contribution in [1.29, 1.82) is 0 Å². The van der Waals surface area contributed by atoms with Crippen LogP contribution in [0.2, 0.25) is 0 Å². The number of amides is 2. The Balaban J connectivity index is 1.35. The van der Waals surface area contributed by atoms with E-state index in [0.29, 0.717) is 31.2 Å². The normalized spacial score (nSPS) is 15.8. The second-order valence-electron chi connectivity index (χ2n) is 8.59. The van der Waals surface area contributed by atoms with Crippen molar-refractivity contribution in [3.05, 3.63) is 103 Å². The highest BCUT2D eigenvalue weighted by Gasteiger charge is 2.33. The number of pyridine rings is 1. The standard InChI is InChI=1S/C27H30N4O3S/c1-2-26(31-17-14-23(15-18-31)22-8-4-3-5-9-22)35(33,34)25-12-10-24(11-13-25)30-27(32)29-20-21-7-6-16-28-19-21/h2-13,16,19,23,26H,1,14-15,17-18,20H2,(H2,29,30,32). The number of rotatable bonds is 8. The fourth-order valence-electron chi connectivity index (χ4n) is 4.41. The van der Waals surface area contributed by atoms with Crippen molar-refractivity contribution in [2.24, 2.45) is 0 Å². The average molecular weight is 491 g/mol. The number of benzene rings is 2. The van der Waals surface area contributed by atoms with Crippen LogP contribution in [0.5, 0.6) is 0 Å². The Morgan fingerprint density at radius 1 is 1.06 bits per heavy atom. The maximum atomic E-state index is 13.4. The lowest BCUT2D eigenvalue weighted by atomic mass is 9.89. The molecule has 1 fully saturated rings. The molecular weight excluding hydrogens is 460 g/mol. The van der Waals surface area contributed by atoms with Gasteiger partial charge in [-0.15, -0.1) is 6.58 Å². The van der Waals surface area contributed by atoms with Crippen molar-refractivity contribution in [3.8, 4) is 0 Å². The Morgan fingerprint density at radius 3 is 2.40 bits per heavy atom. The summed E-state index contributed by atoms with van der Waals surface area (Å²) in [6, 6.07) is 19.9. The Hall–Kier alpha value is -3.49. The fourth-order valence-corrected chi connectivity index (χ4v) is 6.06. The quantitative estimate of drug-likeness (QED) is 0.452. The van der Waals surface area contributed by atoms with Gasteiger partial charge in [0.2, 0.25) is 0 Å². The van der Waals surface area contributed by atoms with Crippen LogP contribution in [-0.2, 0) is 16.4 Å². The lowest BCUT2D eigenvalue weighted by Gasteiger charge is -2.36. The van der Waals surface area contributed by atoms with Crippen LogP contribution in [0.25, 0.3) is 0 Å². The predicted octanol–water partition coefficient (Wildman–Crippen LogP) is 4.57. The van der Waals surface area contributed by atoms with Gasteiger partial charge in [0.15, 0.2) is 9.84 Å². The summed E-state index contributed by atoms with van der Waals surface area (Å²) in [5.41, 5.74) is 2.69. The van der Waals surface area contributed by atoms with Crippen LogP contribution in [0.3, 0.4) is 0 Å². The van der Waals surface area contributed by atoms with Gasteiger partial charge in [-0.2, -0.15) is 0 Å². The molecule has 35 heavy (non-hydrogen) atoms. The number of aromatic nitrogens is 1. The minimum atomic E-state index is -3.65. The zero-order valence-corrected chi connectivity index (χ0v) is 20.3. The number of hydrogen-bond donors (Lipinski definition) is 2. The van der Waals surface area contributed by atoms with Crippen LogP contribution in [0.15, 0.2) is 96.7 Å². The van der Waals surface area contributed by atoms with Crippen LogP contribution in [0.4, 0.5) is 10.5 Å². The molecular formula is C27H30N4O3S. The molecule has 3 aromatic rings. The lowest BCUT2D eigenvalue weighted by molar-refractivity contribution is 0.212. The maximum Gasteiger partial charge on any atom is 0.319 e. The van der Waals surface area contributed by atoms with Crippen LogP contribution in [-0.4, -0.2) is 42.8 Å². The second-order valence-corrected chi connectivity index (χ2v) is 10.6. The van der Waals surface area contributed by atoms with Gasteiger partial charge in [0.25, 0.3) is 0 Å². The minimum absolute atomic E-state index is 0.203. The summed E-state index contributed by atoms with van der Waals surface area (Å²) >= 11 is 0. The number of urea groups is 1. The SMILES string of the molecule is C=CC(N1CCC(c2ccccc2)CC1)S(=O)(=O)c1ccc(NC(=O)NCc2cccnc2)cc1.